The van der Waals surface area contributed by atoms with Crippen LogP contribution in [0.25, 0.3) is 5.65 Å². The van der Waals surface area contributed by atoms with Crippen LogP contribution in [0.5, 0.6) is 0 Å². The molecule has 7 nitrogen and oxygen atoms in total. The molecule has 3 aromatic rings. The Labute approximate surface area is 151 Å². The van der Waals surface area contributed by atoms with Gasteiger partial charge in [0.05, 0.1) is 0 Å². The van der Waals surface area contributed by atoms with Gasteiger partial charge in [0.2, 0.25) is 11.9 Å². The van der Waals surface area contributed by atoms with E-state index >= 15 is 0 Å². The molecule has 0 saturated heterocycles. The predicted octanol–water partition coefficient (Wildman–Crippen LogP) is 3.32. The summed E-state index contributed by atoms with van der Waals surface area (Å²) in [6.07, 6.45) is 6.28. The number of fused-ring (bicyclic) bond motifs is 1. The molecule has 0 bridgehead atoms. The Bertz CT molecular complexity index is 911. The summed E-state index contributed by atoms with van der Waals surface area (Å²) in [6, 6.07) is 13.4. The van der Waals surface area contributed by atoms with Crippen LogP contribution in [0.1, 0.15) is 42.5 Å². The summed E-state index contributed by atoms with van der Waals surface area (Å²) in [5.41, 5.74) is 7.31. The van der Waals surface area contributed by atoms with Crippen LogP contribution >= 0.6 is 0 Å². The van der Waals surface area contributed by atoms with Crippen LogP contribution in [0, 0.1) is 0 Å². The molecule has 0 aliphatic heterocycles. The maximum absolute atomic E-state index is 11.2. The van der Waals surface area contributed by atoms with E-state index in [0.717, 1.165) is 17.2 Å². The van der Waals surface area contributed by atoms with Crippen LogP contribution in [0.15, 0.2) is 42.5 Å². The third-order valence-electron chi connectivity index (χ3n) is 4.74. The summed E-state index contributed by atoms with van der Waals surface area (Å²) < 4.78 is 1.83. The van der Waals surface area contributed by atoms with Crippen LogP contribution in [0.3, 0.4) is 0 Å². The molecule has 2 aromatic heterocycles. The Morgan fingerprint density at radius 3 is 2.58 bits per heavy atom. The summed E-state index contributed by atoms with van der Waals surface area (Å²) in [5.74, 6) is 1.02. The molecule has 1 saturated carbocycles. The number of hydrogen-bond donors (Lipinski definition) is 3. The van der Waals surface area contributed by atoms with Crippen molar-refractivity contribution in [3.63, 3.8) is 0 Å². The van der Waals surface area contributed by atoms with Crippen LogP contribution in [0.2, 0.25) is 0 Å². The van der Waals surface area contributed by atoms with E-state index in [9.17, 15) is 4.79 Å². The number of hydrogen-bond acceptors (Lipinski definition) is 5. The van der Waals surface area contributed by atoms with E-state index in [1.807, 2.05) is 22.7 Å². The minimum atomic E-state index is -0.444. The fourth-order valence-corrected chi connectivity index (χ4v) is 3.37. The maximum Gasteiger partial charge on any atom is 0.248 e. The normalized spacial score (nSPS) is 15.1. The number of nitrogens with one attached hydrogen (secondary N) is 2. The molecule has 1 aliphatic carbocycles. The molecule has 0 atom stereocenters. The molecule has 7 heteroatoms. The van der Waals surface area contributed by atoms with Gasteiger partial charge in [-0.05, 0) is 49.2 Å². The second-order valence-electron chi connectivity index (χ2n) is 6.66. The van der Waals surface area contributed by atoms with Gasteiger partial charge in [0.1, 0.15) is 5.82 Å². The Morgan fingerprint density at radius 2 is 1.85 bits per heavy atom. The highest BCUT2D eigenvalue weighted by Crippen LogP contribution is 2.23. The van der Waals surface area contributed by atoms with Crippen molar-refractivity contribution in [2.45, 2.75) is 38.1 Å². The first kappa shape index (κ1) is 16.4. The van der Waals surface area contributed by atoms with Gasteiger partial charge in [-0.15, -0.1) is 5.10 Å². The van der Waals surface area contributed by atoms with E-state index in [4.69, 9.17) is 5.73 Å². The number of nitrogens with zero attached hydrogens (tertiary/aromatic N) is 3. The van der Waals surface area contributed by atoms with Crippen molar-refractivity contribution < 1.29 is 4.79 Å². The van der Waals surface area contributed by atoms with E-state index in [1.165, 1.54) is 32.1 Å². The zero-order chi connectivity index (χ0) is 17.9. The lowest BCUT2D eigenvalue weighted by atomic mass is 9.95. The average Bonchev–Trinajstić information content (AvgIpc) is 3.06. The van der Waals surface area contributed by atoms with E-state index < -0.39 is 5.91 Å². The molecule has 4 rings (SSSR count). The topological polar surface area (TPSA) is 97.3 Å². The van der Waals surface area contributed by atoms with Gasteiger partial charge in [0, 0.05) is 17.3 Å². The fraction of sp³-hybridized carbons (Fsp3) is 0.316. The van der Waals surface area contributed by atoms with Crippen molar-refractivity contribution in [2.75, 3.05) is 10.6 Å². The summed E-state index contributed by atoms with van der Waals surface area (Å²) in [6.45, 7) is 0. The largest absolute Gasteiger partial charge is 0.367 e. The molecular formula is C19H22N6O. The van der Waals surface area contributed by atoms with Gasteiger partial charge in [-0.25, -0.2) is 0 Å². The number of nitrogens with two attached hydrogens (primary N) is 1. The highest BCUT2D eigenvalue weighted by molar-refractivity contribution is 5.93. The number of rotatable bonds is 5. The Kier molecular flexibility index (Phi) is 4.43. The minimum Gasteiger partial charge on any atom is -0.367 e. The molecule has 0 unspecified atom stereocenters. The third-order valence-corrected chi connectivity index (χ3v) is 4.74. The van der Waals surface area contributed by atoms with Gasteiger partial charge in [-0.3, -0.25) is 4.79 Å². The standard InChI is InChI=1S/C19H22N6O/c20-18(26)13-9-11-15(12-10-13)22-19-23-17-8-4-7-16(25(17)24-19)21-14-5-2-1-3-6-14/h4,7-12,14,21H,1-3,5-6H2,(H2,20,26)(H,22,24). The van der Waals surface area contributed by atoms with E-state index in [-0.39, 0.29) is 0 Å². The molecule has 1 aromatic carbocycles. The van der Waals surface area contributed by atoms with Crippen LogP contribution in [-0.4, -0.2) is 26.5 Å². The van der Waals surface area contributed by atoms with E-state index in [2.05, 4.69) is 20.7 Å². The van der Waals surface area contributed by atoms with Crippen molar-refractivity contribution in [1.29, 1.82) is 0 Å². The first-order valence-corrected chi connectivity index (χ1v) is 8.98. The number of carbonyl (C=O) groups is 1. The molecule has 0 radical (unpaired) electrons. The van der Waals surface area contributed by atoms with Crippen LogP contribution in [-0.2, 0) is 0 Å². The maximum atomic E-state index is 11.2. The van der Waals surface area contributed by atoms with E-state index in [0.29, 0.717) is 17.6 Å². The number of primary amides is 1. The van der Waals surface area contributed by atoms with E-state index in [1.54, 1.807) is 24.3 Å². The van der Waals surface area contributed by atoms with Gasteiger partial charge in [-0.1, -0.05) is 25.3 Å². The van der Waals surface area contributed by atoms with Crippen molar-refractivity contribution in [3.05, 3.63) is 48.0 Å². The molecule has 1 amide bonds. The molecule has 1 aliphatic rings. The number of pyridine rings is 1. The van der Waals surface area contributed by atoms with Crippen molar-refractivity contribution in [2.24, 2.45) is 5.73 Å². The molecule has 0 spiro atoms. The second kappa shape index (κ2) is 7.03. The number of benzene rings is 1. The molecule has 1 fully saturated rings. The van der Waals surface area contributed by atoms with Gasteiger partial charge in [0.15, 0.2) is 5.65 Å². The average molecular weight is 350 g/mol. The molecule has 2 heterocycles. The number of aromatic nitrogens is 3. The number of anilines is 3. The van der Waals surface area contributed by atoms with Crippen LogP contribution in [0.4, 0.5) is 17.5 Å². The van der Waals surface area contributed by atoms with Crippen molar-refractivity contribution in [1.82, 2.24) is 14.6 Å². The Morgan fingerprint density at radius 1 is 1.08 bits per heavy atom. The summed E-state index contributed by atoms with van der Waals surface area (Å²) >= 11 is 0. The Balaban J connectivity index is 1.55. The second-order valence-corrected chi connectivity index (χ2v) is 6.66. The smallest absolute Gasteiger partial charge is 0.248 e. The highest BCUT2D eigenvalue weighted by atomic mass is 16.1. The summed E-state index contributed by atoms with van der Waals surface area (Å²) in [5, 5.41) is 11.3. The highest BCUT2D eigenvalue weighted by Gasteiger charge is 2.15. The number of carbonyl (C=O) groups excluding carboxylic acids is 1. The van der Waals surface area contributed by atoms with Gasteiger partial charge >= 0.3 is 0 Å². The van der Waals surface area contributed by atoms with Gasteiger partial charge in [-0.2, -0.15) is 9.50 Å². The lowest BCUT2D eigenvalue weighted by Gasteiger charge is -2.23. The fourth-order valence-electron chi connectivity index (χ4n) is 3.37. The minimum absolute atomic E-state index is 0.444. The number of amides is 1. The zero-order valence-corrected chi connectivity index (χ0v) is 14.5. The predicted molar refractivity (Wildman–Crippen MR) is 102 cm³/mol. The molecular weight excluding hydrogens is 328 g/mol. The van der Waals surface area contributed by atoms with Crippen molar-refractivity contribution in [3.8, 4) is 0 Å². The molecule has 4 N–H and O–H groups in total. The Hall–Kier alpha value is -3.09. The SMILES string of the molecule is NC(=O)c1ccc(Nc2nc3cccc(NC4CCCCC4)n3n2)cc1. The lowest BCUT2D eigenvalue weighted by Crippen LogP contribution is -2.23. The monoisotopic (exact) mass is 350 g/mol. The molecule has 134 valence electrons. The van der Waals surface area contributed by atoms with Crippen molar-refractivity contribution >= 4 is 29.0 Å². The lowest BCUT2D eigenvalue weighted by molar-refractivity contribution is 0.100. The third kappa shape index (κ3) is 3.46. The summed E-state index contributed by atoms with van der Waals surface area (Å²) in [4.78, 5) is 15.7. The van der Waals surface area contributed by atoms with Gasteiger partial charge < -0.3 is 16.4 Å². The van der Waals surface area contributed by atoms with Gasteiger partial charge in [0.25, 0.3) is 0 Å². The summed E-state index contributed by atoms with van der Waals surface area (Å²) in [7, 11) is 0. The molecule has 26 heavy (non-hydrogen) atoms. The van der Waals surface area contributed by atoms with Crippen LogP contribution < -0.4 is 16.4 Å². The first-order valence-electron chi connectivity index (χ1n) is 8.98. The quantitative estimate of drug-likeness (QED) is 0.656. The zero-order valence-electron chi connectivity index (χ0n) is 14.5. The first-order chi connectivity index (χ1) is 12.7.